The molecule has 10 heteroatoms. The van der Waals surface area contributed by atoms with Gasteiger partial charge in [0.15, 0.2) is 5.75 Å². The highest BCUT2D eigenvalue weighted by Crippen LogP contribution is 2.29. The minimum absolute atomic E-state index is 0.0511. The lowest BCUT2D eigenvalue weighted by Crippen LogP contribution is -2.25. The summed E-state index contributed by atoms with van der Waals surface area (Å²) >= 11 is 0. The predicted molar refractivity (Wildman–Crippen MR) is 71.7 cm³/mol. The molecule has 0 heterocycles. The smallest absolute Gasteiger partial charge is 0.312 e. The summed E-state index contributed by atoms with van der Waals surface area (Å²) in [6.07, 6.45) is -0.0574. The van der Waals surface area contributed by atoms with Crippen molar-refractivity contribution in [1.29, 1.82) is 0 Å². The summed E-state index contributed by atoms with van der Waals surface area (Å²) in [4.78, 5) is 20.1. The van der Waals surface area contributed by atoms with Crippen molar-refractivity contribution in [1.82, 2.24) is 4.72 Å². The number of nitrogens with one attached hydrogen (secondary N) is 1. The molecule has 0 bridgehead atoms. The van der Waals surface area contributed by atoms with Crippen molar-refractivity contribution >= 4 is 21.7 Å². The van der Waals surface area contributed by atoms with Crippen LogP contribution in [0.2, 0.25) is 0 Å². The van der Waals surface area contributed by atoms with Gasteiger partial charge in [-0.25, -0.2) is 13.1 Å². The molecule has 21 heavy (non-hydrogen) atoms. The van der Waals surface area contributed by atoms with Crippen molar-refractivity contribution in [3.63, 3.8) is 0 Å². The molecule has 0 aromatic heterocycles. The molecular weight excluding hydrogens is 304 g/mol. The van der Waals surface area contributed by atoms with Gasteiger partial charge in [-0.05, 0) is 18.6 Å². The van der Waals surface area contributed by atoms with Gasteiger partial charge in [0, 0.05) is 19.0 Å². The highest BCUT2D eigenvalue weighted by molar-refractivity contribution is 7.89. The zero-order valence-corrected chi connectivity index (χ0v) is 11.9. The average molecular weight is 318 g/mol. The van der Waals surface area contributed by atoms with Crippen LogP contribution in [0, 0.1) is 10.1 Å². The van der Waals surface area contributed by atoms with Crippen molar-refractivity contribution < 1.29 is 28.0 Å². The SMILES string of the molecule is COc1ccc(S(=O)(=O)NCCCC(=O)O)cc1[N+](=O)[O-]. The van der Waals surface area contributed by atoms with E-state index in [0.717, 1.165) is 6.07 Å². The molecule has 0 unspecified atom stereocenters. The summed E-state index contributed by atoms with van der Waals surface area (Å²) < 4.78 is 30.8. The van der Waals surface area contributed by atoms with Crippen LogP contribution in [0.1, 0.15) is 12.8 Å². The topological polar surface area (TPSA) is 136 Å². The highest BCUT2D eigenvalue weighted by Gasteiger charge is 2.21. The van der Waals surface area contributed by atoms with E-state index in [4.69, 9.17) is 9.84 Å². The number of rotatable bonds is 8. The molecule has 0 amide bonds. The first-order valence-electron chi connectivity index (χ1n) is 5.82. The Morgan fingerprint density at radius 3 is 2.67 bits per heavy atom. The number of nitrogens with zero attached hydrogens (tertiary/aromatic N) is 1. The zero-order valence-electron chi connectivity index (χ0n) is 11.1. The Morgan fingerprint density at radius 1 is 1.48 bits per heavy atom. The second-order valence-corrected chi connectivity index (χ2v) is 5.75. The van der Waals surface area contributed by atoms with Crippen LogP contribution in [0.15, 0.2) is 23.1 Å². The maximum atomic E-state index is 11.9. The van der Waals surface area contributed by atoms with Crippen LogP contribution in [-0.2, 0) is 14.8 Å². The van der Waals surface area contributed by atoms with E-state index in [-0.39, 0.29) is 30.0 Å². The van der Waals surface area contributed by atoms with Gasteiger partial charge in [-0.1, -0.05) is 0 Å². The fourth-order valence-corrected chi connectivity index (χ4v) is 2.60. The van der Waals surface area contributed by atoms with Crippen molar-refractivity contribution in [3.8, 4) is 5.75 Å². The average Bonchev–Trinajstić information content (AvgIpc) is 2.42. The maximum Gasteiger partial charge on any atom is 0.312 e. The molecule has 0 radical (unpaired) electrons. The lowest BCUT2D eigenvalue weighted by Gasteiger charge is -2.07. The van der Waals surface area contributed by atoms with Crippen LogP contribution < -0.4 is 9.46 Å². The molecule has 116 valence electrons. The predicted octanol–water partition coefficient (Wildman–Crippen LogP) is 0.747. The number of methoxy groups -OCH3 is 1. The normalized spacial score (nSPS) is 11.1. The number of nitro benzene ring substituents is 1. The number of ether oxygens (including phenoxy) is 1. The molecule has 0 fully saturated rings. The highest BCUT2D eigenvalue weighted by atomic mass is 32.2. The number of sulfonamides is 1. The Balaban J connectivity index is 2.90. The second-order valence-electron chi connectivity index (χ2n) is 3.99. The molecule has 0 atom stereocenters. The van der Waals surface area contributed by atoms with E-state index in [9.17, 15) is 23.3 Å². The van der Waals surface area contributed by atoms with Gasteiger partial charge in [0.1, 0.15) is 0 Å². The van der Waals surface area contributed by atoms with E-state index >= 15 is 0 Å². The molecule has 9 nitrogen and oxygen atoms in total. The first kappa shape index (κ1) is 16.9. The minimum atomic E-state index is -3.94. The van der Waals surface area contributed by atoms with Crippen LogP contribution in [0.5, 0.6) is 5.75 Å². The van der Waals surface area contributed by atoms with Gasteiger partial charge in [-0.15, -0.1) is 0 Å². The van der Waals surface area contributed by atoms with Crippen LogP contribution in [0.25, 0.3) is 0 Å². The van der Waals surface area contributed by atoms with E-state index in [2.05, 4.69) is 4.72 Å². The van der Waals surface area contributed by atoms with Gasteiger partial charge in [0.05, 0.1) is 16.9 Å². The number of carbonyl (C=O) groups is 1. The van der Waals surface area contributed by atoms with Gasteiger partial charge in [-0.2, -0.15) is 0 Å². The molecule has 0 spiro atoms. The summed E-state index contributed by atoms with van der Waals surface area (Å²) in [6, 6.07) is 3.24. The third kappa shape index (κ3) is 4.68. The molecule has 0 aliphatic rings. The Bertz CT molecular complexity index is 642. The van der Waals surface area contributed by atoms with E-state index in [1.54, 1.807) is 0 Å². The monoisotopic (exact) mass is 318 g/mol. The number of nitro groups is 1. The zero-order chi connectivity index (χ0) is 16.0. The fourth-order valence-electron chi connectivity index (χ4n) is 1.51. The van der Waals surface area contributed by atoms with E-state index < -0.39 is 26.6 Å². The number of benzene rings is 1. The molecule has 2 N–H and O–H groups in total. The summed E-state index contributed by atoms with van der Waals surface area (Å²) in [5.74, 6) is -1.08. The number of hydrogen-bond acceptors (Lipinski definition) is 6. The molecule has 0 saturated carbocycles. The Labute approximate surface area is 120 Å². The number of carboxylic acid groups (broad SMARTS) is 1. The lowest BCUT2D eigenvalue weighted by molar-refractivity contribution is -0.386. The molecule has 1 rings (SSSR count). The standard InChI is InChI=1S/C11H14N2O7S/c1-20-10-5-4-8(7-9(10)13(16)17)21(18,19)12-6-2-3-11(14)15/h4-5,7,12H,2-3,6H2,1H3,(H,14,15). The largest absolute Gasteiger partial charge is 0.490 e. The first-order valence-corrected chi connectivity index (χ1v) is 7.30. The maximum absolute atomic E-state index is 11.9. The summed E-state index contributed by atoms with van der Waals surface area (Å²) in [5, 5.41) is 19.3. The van der Waals surface area contributed by atoms with Gasteiger partial charge in [-0.3, -0.25) is 14.9 Å². The third-order valence-corrected chi connectivity index (χ3v) is 3.98. The Hall–Kier alpha value is -2.20. The Morgan fingerprint density at radius 2 is 2.14 bits per heavy atom. The van der Waals surface area contributed by atoms with Crippen molar-refractivity contribution in [3.05, 3.63) is 28.3 Å². The number of hydrogen-bond donors (Lipinski definition) is 2. The molecule has 0 aliphatic carbocycles. The van der Waals surface area contributed by atoms with Gasteiger partial charge in [0.2, 0.25) is 10.0 Å². The van der Waals surface area contributed by atoms with Crippen molar-refractivity contribution in [2.45, 2.75) is 17.7 Å². The van der Waals surface area contributed by atoms with Crippen LogP contribution >= 0.6 is 0 Å². The molecule has 0 saturated heterocycles. The summed E-state index contributed by atoms with van der Waals surface area (Å²) in [7, 11) is -2.71. The van der Waals surface area contributed by atoms with E-state index in [0.29, 0.717) is 0 Å². The first-order chi connectivity index (χ1) is 9.77. The van der Waals surface area contributed by atoms with Crippen molar-refractivity contribution in [2.75, 3.05) is 13.7 Å². The van der Waals surface area contributed by atoms with Crippen LogP contribution in [-0.4, -0.2) is 38.1 Å². The summed E-state index contributed by atoms with van der Waals surface area (Å²) in [5.41, 5.74) is -0.467. The van der Waals surface area contributed by atoms with E-state index in [1.165, 1.54) is 19.2 Å². The number of carboxylic acids is 1. The van der Waals surface area contributed by atoms with Crippen LogP contribution in [0.3, 0.4) is 0 Å². The number of aliphatic carboxylic acids is 1. The second kappa shape index (κ2) is 6.99. The van der Waals surface area contributed by atoms with E-state index in [1.807, 2.05) is 0 Å². The minimum Gasteiger partial charge on any atom is -0.490 e. The fraction of sp³-hybridized carbons (Fsp3) is 0.364. The molecule has 1 aromatic rings. The lowest BCUT2D eigenvalue weighted by atomic mass is 10.3. The summed E-state index contributed by atoms with van der Waals surface area (Å²) in [6.45, 7) is -0.0749. The molecule has 1 aromatic carbocycles. The van der Waals surface area contributed by atoms with Gasteiger partial charge < -0.3 is 9.84 Å². The molecular formula is C11H14N2O7S. The van der Waals surface area contributed by atoms with Crippen LogP contribution in [0.4, 0.5) is 5.69 Å². The molecule has 0 aliphatic heterocycles. The third-order valence-electron chi connectivity index (χ3n) is 2.52. The van der Waals surface area contributed by atoms with Gasteiger partial charge >= 0.3 is 11.7 Å². The van der Waals surface area contributed by atoms with Gasteiger partial charge in [0.25, 0.3) is 0 Å². The quantitative estimate of drug-likeness (QED) is 0.410. The Kier molecular flexibility index (Phi) is 5.61. The van der Waals surface area contributed by atoms with Crippen molar-refractivity contribution in [2.24, 2.45) is 0 Å².